The average molecular weight is 1830 g/mol. The van der Waals surface area contributed by atoms with Crippen molar-refractivity contribution in [3.8, 4) is 50.6 Å². The van der Waals surface area contributed by atoms with Gasteiger partial charge in [-0.05, 0) is 110 Å². The van der Waals surface area contributed by atoms with Crippen molar-refractivity contribution >= 4 is 173 Å². The number of esters is 6. The average Bonchev–Trinajstić information content (AvgIpc) is 0.814. The van der Waals surface area contributed by atoms with Crippen LogP contribution >= 0.6 is 70.6 Å². The van der Waals surface area contributed by atoms with E-state index in [1.54, 1.807) is 20.8 Å². The van der Waals surface area contributed by atoms with Crippen LogP contribution in [-0.2, 0) is 86.1 Å². The SMILES string of the molecule is CCOC(=O)C(CSC(=O)C(CSC(=O)c1cc(-c2ccc(F)cc2F)ccc1OC(C)=O)NC(C)=O)NC(C)=O.CCOC(=O)[C@@H](CSC(=O)[C@@H](CSC(=O)c1cc(-c2ccc(F)cc2F)ccc1OC(C)=O)NC(C)=O)NC(C)=O.CCOC(=O)[C@H](CSC(=O)[C@H](CSC(=O)c1cc(-c2ccc(F)cc2F)ccc1OC(C)=O)NC(C)=O)NC(C)=O. The van der Waals surface area contributed by atoms with Crippen LogP contribution in [0, 0.1) is 34.9 Å². The smallest absolute Gasteiger partial charge is 0.329 e. The summed E-state index contributed by atoms with van der Waals surface area (Å²) in [7, 11) is 0. The third kappa shape index (κ3) is 36.3. The third-order valence-electron chi connectivity index (χ3n) is 15.2. The molecule has 2 unspecified atom stereocenters. The standard InChI is InChI=1S/3C27H28F2N2O8S2/c3*1-5-38-25(35)22(30-14(2)32)12-41-27(37)23(31-15(3)33)13-40-26(36)20-10-17(6-9-24(20)39-16(4)34)19-8-7-18(28)11-21(19)29/h3*6-11,22-23H,5,12-13H2,1-4H3,(H,30,32)(H,31,33)/t2*22-,23-;/m10./s1. The number of ether oxygens (including phenoxy) is 6. The van der Waals surface area contributed by atoms with Crippen LogP contribution in [0.4, 0.5) is 26.3 Å². The second-order valence-electron chi connectivity index (χ2n) is 25.2. The van der Waals surface area contributed by atoms with E-state index in [1.807, 2.05) is 0 Å². The van der Waals surface area contributed by atoms with E-state index in [0.29, 0.717) is 88.8 Å². The molecule has 0 saturated heterocycles. The van der Waals surface area contributed by atoms with Crippen LogP contribution in [0.3, 0.4) is 0 Å². The van der Waals surface area contributed by atoms with Crippen molar-refractivity contribution in [2.75, 3.05) is 54.3 Å². The lowest BCUT2D eigenvalue weighted by Gasteiger charge is -2.19. The van der Waals surface area contributed by atoms with Crippen LogP contribution in [-0.4, -0.2) is 193 Å². The molecule has 0 aliphatic heterocycles. The maximum absolute atomic E-state index is 14.4. The predicted molar refractivity (Wildman–Crippen MR) is 448 cm³/mol. The third-order valence-corrected chi connectivity index (χ3v) is 21.4. The Labute approximate surface area is 726 Å². The summed E-state index contributed by atoms with van der Waals surface area (Å²) >= 11 is 3.85. The lowest BCUT2D eigenvalue weighted by molar-refractivity contribution is -0.147. The first-order chi connectivity index (χ1) is 57.9. The summed E-state index contributed by atoms with van der Waals surface area (Å²) in [6.45, 7) is 15.4. The number of halogens is 6. The van der Waals surface area contributed by atoms with Gasteiger partial charge in [-0.25, -0.2) is 40.7 Å². The molecule has 123 heavy (non-hydrogen) atoms. The minimum atomic E-state index is -1.18. The van der Waals surface area contributed by atoms with Crippen LogP contribution in [0.25, 0.3) is 33.4 Å². The van der Waals surface area contributed by atoms with Gasteiger partial charge in [-0.1, -0.05) is 88.8 Å². The van der Waals surface area contributed by atoms with Crippen LogP contribution in [0.15, 0.2) is 109 Å². The summed E-state index contributed by atoms with van der Waals surface area (Å²) in [5.41, 5.74) is 0.234. The van der Waals surface area contributed by atoms with Crippen molar-refractivity contribution in [1.29, 1.82) is 0 Å². The first kappa shape index (κ1) is 104. The highest BCUT2D eigenvalue weighted by atomic mass is 32.2. The summed E-state index contributed by atoms with van der Waals surface area (Å²) in [4.78, 5) is 219. The van der Waals surface area contributed by atoms with E-state index in [-0.39, 0.29) is 122 Å². The Bertz CT molecular complexity index is 4490. The summed E-state index contributed by atoms with van der Waals surface area (Å²) in [6, 6.07) is 13.8. The van der Waals surface area contributed by atoms with E-state index in [9.17, 15) is 113 Å². The van der Waals surface area contributed by atoms with Crippen molar-refractivity contribution in [1.82, 2.24) is 31.9 Å². The maximum Gasteiger partial charge on any atom is 0.329 e. The Kier molecular flexibility index (Phi) is 44.1. The van der Waals surface area contributed by atoms with Gasteiger partial charge in [0.15, 0.2) is 0 Å². The second-order valence-corrected chi connectivity index (χ2v) is 31.3. The zero-order chi connectivity index (χ0) is 92.1. The predicted octanol–water partition coefficient (Wildman–Crippen LogP) is 9.79. The minimum absolute atomic E-state index is 0.00199. The van der Waals surface area contributed by atoms with Crippen molar-refractivity contribution in [3.63, 3.8) is 0 Å². The molecule has 42 heteroatoms. The fourth-order valence-electron chi connectivity index (χ4n) is 10.2. The Morgan fingerprint density at radius 2 is 0.496 bits per heavy atom. The summed E-state index contributed by atoms with van der Waals surface area (Å²) in [5, 5.41) is 10.7. The fourth-order valence-corrected chi connectivity index (χ4v) is 15.8. The number of hydrogen-bond donors (Lipinski definition) is 6. The molecule has 0 heterocycles. The number of carbonyl (C=O) groups is 18. The van der Waals surface area contributed by atoms with E-state index in [1.165, 1.54) is 114 Å². The number of amides is 6. The van der Waals surface area contributed by atoms with Crippen LogP contribution in [0.1, 0.15) is 114 Å². The van der Waals surface area contributed by atoms with Gasteiger partial charge in [0.2, 0.25) is 66.1 Å². The zero-order valence-electron chi connectivity index (χ0n) is 67.7. The van der Waals surface area contributed by atoms with Gasteiger partial charge in [0.1, 0.15) is 88.4 Å². The quantitative estimate of drug-likeness (QED) is 0.00921. The van der Waals surface area contributed by atoms with Crippen LogP contribution < -0.4 is 46.1 Å². The highest BCUT2D eigenvalue weighted by Gasteiger charge is 2.33. The molecule has 6 aromatic carbocycles. The first-order valence-electron chi connectivity index (χ1n) is 36.4. The van der Waals surface area contributed by atoms with Crippen LogP contribution in [0.2, 0.25) is 0 Å². The van der Waals surface area contributed by atoms with Gasteiger partial charge < -0.3 is 60.3 Å². The molecule has 30 nitrogen and oxygen atoms in total. The molecule has 6 rings (SSSR count). The molecule has 0 aromatic heterocycles. The Hall–Kier alpha value is -11.3. The van der Waals surface area contributed by atoms with Gasteiger partial charge in [-0.3, -0.25) is 71.9 Å². The molecule has 6 atom stereocenters. The molecule has 0 radical (unpaired) electrons. The number of carbonyl (C=O) groups excluding carboxylic acids is 18. The van der Waals surface area contributed by atoms with Gasteiger partial charge in [0.25, 0.3) is 0 Å². The minimum Gasteiger partial charge on any atom is -0.464 e. The normalized spacial score (nSPS) is 12.0. The Morgan fingerprint density at radius 1 is 0.285 bits per heavy atom. The molecule has 0 aliphatic rings. The van der Waals surface area contributed by atoms with Gasteiger partial charge in [0.05, 0.1) is 36.5 Å². The molecule has 6 N–H and O–H groups in total. The van der Waals surface area contributed by atoms with E-state index in [0.717, 1.165) is 39.0 Å². The van der Waals surface area contributed by atoms with Gasteiger partial charge in [-0.2, -0.15) is 0 Å². The second kappa shape index (κ2) is 52.2. The van der Waals surface area contributed by atoms with Crippen molar-refractivity contribution in [3.05, 3.63) is 161 Å². The fraction of sp³-hybridized carbons (Fsp3) is 0.333. The number of rotatable bonds is 36. The number of hydrogen-bond acceptors (Lipinski definition) is 30. The van der Waals surface area contributed by atoms with Crippen LogP contribution in [0.5, 0.6) is 17.2 Å². The number of thioether (sulfide) groups is 6. The van der Waals surface area contributed by atoms with E-state index in [2.05, 4.69) is 31.9 Å². The molecule has 0 spiro atoms. The van der Waals surface area contributed by atoms with E-state index < -0.39 is 173 Å². The Morgan fingerprint density at radius 3 is 0.691 bits per heavy atom. The number of nitrogens with one attached hydrogen (secondary N) is 6. The summed E-state index contributed by atoms with van der Waals surface area (Å²) in [6.07, 6.45) is 0. The van der Waals surface area contributed by atoms with Crippen molar-refractivity contribution < 1.29 is 141 Å². The molecular weight excluding hydrogens is 1750 g/mol. The van der Waals surface area contributed by atoms with Crippen molar-refractivity contribution in [2.24, 2.45) is 0 Å². The molecule has 0 bridgehead atoms. The zero-order valence-corrected chi connectivity index (χ0v) is 72.6. The summed E-state index contributed by atoms with van der Waals surface area (Å²) < 4.78 is 113. The maximum atomic E-state index is 14.4. The first-order valence-corrected chi connectivity index (χ1v) is 42.3. The van der Waals surface area contributed by atoms with Gasteiger partial charge in [0, 0.05) is 132 Å². The molecule has 0 aliphatic carbocycles. The molecule has 6 aromatic rings. The van der Waals surface area contributed by atoms with Crippen molar-refractivity contribution in [2.45, 2.75) is 119 Å². The highest BCUT2D eigenvalue weighted by Crippen LogP contribution is 2.36. The monoisotopic (exact) mass is 1830 g/mol. The highest BCUT2D eigenvalue weighted by molar-refractivity contribution is 8.16. The topological polar surface area (TPSA) is 435 Å². The van der Waals surface area contributed by atoms with Gasteiger partial charge >= 0.3 is 35.8 Å². The number of benzene rings is 6. The molecule has 0 saturated carbocycles. The van der Waals surface area contributed by atoms with E-state index >= 15 is 0 Å². The lowest BCUT2D eigenvalue weighted by atomic mass is 10.0. The Balaban J connectivity index is 0.000000387. The van der Waals surface area contributed by atoms with E-state index in [4.69, 9.17) is 28.4 Å². The molecule has 6 amide bonds. The lowest BCUT2D eigenvalue weighted by Crippen LogP contribution is -2.44. The largest absolute Gasteiger partial charge is 0.464 e. The summed E-state index contributed by atoms with van der Waals surface area (Å²) in [5.74, 6) is -14.2. The molecule has 660 valence electrons. The molecular formula is C81H84F6N6O24S6. The molecule has 0 fully saturated rings. The van der Waals surface area contributed by atoms with Gasteiger partial charge in [-0.15, -0.1) is 0 Å².